The molecule has 0 aliphatic heterocycles. The van der Waals surface area contributed by atoms with Crippen molar-refractivity contribution in [2.75, 3.05) is 0 Å². The third-order valence-electron chi connectivity index (χ3n) is 11.7. The number of hydrogen-bond donors (Lipinski definition) is 0. The molecule has 299 valence electrons. The summed E-state index contributed by atoms with van der Waals surface area (Å²) in [6, 6.07) is 30.5. The van der Waals surface area contributed by atoms with Gasteiger partial charge in [-0.05, 0) is 35.1 Å². The Morgan fingerprint density at radius 2 is 1.14 bits per heavy atom. The number of unbranched alkanes of at least 4 members (excludes halogenated alkanes) is 10. The van der Waals surface area contributed by atoms with Crippen molar-refractivity contribution < 1.29 is 20.1 Å². The second-order valence-electron chi connectivity index (χ2n) is 18.2. The fourth-order valence-corrected chi connectivity index (χ4v) is 8.39. The number of nitrogens with zero attached hydrogens (tertiary/aromatic N) is 4. The second kappa shape index (κ2) is 19.3. The van der Waals surface area contributed by atoms with Crippen molar-refractivity contribution in [2.24, 2.45) is 0 Å². The van der Waals surface area contributed by atoms with Crippen molar-refractivity contribution in [1.29, 1.82) is 0 Å². The van der Waals surface area contributed by atoms with Crippen LogP contribution in [-0.2, 0) is 36.4 Å². The molecule has 6 rings (SSSR count). The Balaban J connectivity index is 0.00000600. The Bertz CT molecular complexity index is 1980. The van der Waals surface area contributed by atoms with E-state index in [0.29, 0.717) is 11.6 Å². The summed E-state index contributed by atoms with van der Waals surface area (Å²) in [4.78, 5) is 20.0. The minimum atomic E-state index is -0.236. The first-order chi connectivity index (χ1) is 26.4. The summed E-state index contributed by atoms with van der Waals surface area (Å²) in [5, 5.41) is 0. The van der Waals surface area contributed by atoms with Gasteiger partial charge in [-0.1, -0.05) is 204 Å². The molecule has 0 bridgehead atoms. The Kier molecular flexibility index (Phi) is 15.0. The van der Waals surface area contributed by atoms with Gasteiger partial charge in [-0.3, -0.25) is 0 Å². The van der Waals surface area contributed by atoms with E-state index < -0.39 is 0 Å². The van der Waals surface area contributed by atoms with Crippen LogP contribution < -0.4 is 0 Å². The SMILES string of the molecule is CCCCCCCCC1(CCCCCCCC)c2ccccc2-c2c[c-]c(-c3ccc(-c4nc(-c5ccc(C(C)(C)C)cc5)nc(C(C)(C)C)n4)cn3)cc21.[Ir]. The molecule has 2 aromatic heterocycles. The molecule has 56 heavy (non-hydrogen) atoms. The minimum Gasteiger partial charge on any atom is -0.304 e. The average molecular weight is 926 g/mol. The van der Waals surface area contributed by atoms with E-state index in [0.717, 1.165) is 28.2 Å². The standard InChI is InChI=1S/C51H65N4.Ir/c1-9-11-13-15-17-21-33-51(34-22-18-16-14-12-10-2)43-24-20-19-23-41(43)42-31-27-38(35-44(42)51)45-32-28-39(36-52-45)47-53-46(54-48(55-47)50(6,7)8)37-25-29-40(30-26-37)49(3,4)5;/h19-20,23-26,28-32,35-36H,9-18,21-22,33-34H2,1-8H3;/q-1;. The number of hydrogen-bond acceptors (Lipinski definition) is 4. The summed E-state index contributed by atoms with van der Waals surface area (Å²) in [6.45, 7) is 17.8. The van der Waals surface area contributed by atoms with Crippen molar-refractivity contribution in [3.8, 4) is 45.2 Å². The zero-order valence-corrected chi connectivity index (χ0v) is 37.9. The first-order valence-electron chi connectivity index (χ1n) is 21.4. The number of fused-ring (bicyclic) bond motifs is 3. The van der Waals surface area contributed by atoms with Crippen LogP contribution in [0.15, 0.2) is 79.0 Å². The Morgan fingerprint density at radius 1 is 0.571 bits per heavy atom. The van der Waals surface area contributed by atoms with Crippen molar-refractivity contribution in [3.63, 3.8) is 0 Å². The third kappa shape index (κ3) is 10.1. The van der Waals surface area contributed by atoms with E-state index in [2.05, 4.69) is 134 Å². The molecule has 0 spiro atoms. The summed E-state index contributed by atoms with van der Waals surface area (Å²) in [5.41, 5.74) is 10.8. The van der Waals surface area contributed by atoms with Gasteiger partial charge in [-0.15, -0.1) is 29.3 Å². The van der Waals surface area contributed by atoms with Gasteiger partial charge in [0.2, 0.25) is 0 Å². The Morgan fingerprint density at radius 3 is 1.71 bits per heavy atom. The molecule has 0 saturated carbocycles. The molecule has 3 aromatic carbocycles. The Labute approximate surface area is 352 Å². The van der Waals surface area contributed by atoms with Crippen LogP contribution in [0.25, 0.3) is 45.2 Å². The van der Waals surface area contributed by atoms with E-state index in [-0.39, 0.29) is 36.4 Å². The quantitative estimate of drug-likeness (QED) is 0.0689. The van der Waals surface area contributed by atoms with Crippen LogP contribution in [0.1, 0.15) is 168 Å². The number of pyridine rings is 1. The Hall–Kier alpha value is -3.53. The van der Waals surface area contributed by atoms with Crippen LogP contribution in [0.4, 0.5) is 0 Å². The molecule has 4 nitrogen and oxygen atoms in total. The van der Waals surface area contributed by atoms with E-state index in [1.165, 1.54) is 118 Å². The first-order valence-corrected chi connectivity index (χ1v) is 21.4. The second-order valence-corrected chi connectivity index (χ2v) is 18.2. The fraction of sp³-hybridized carbons (Fsp3) is 0.490. The van der Waals surface area contributed by atoms with Crippen molar-refractivity contribution in [1.82, 2.24) is 19.9 Å². The van der Waals surface area contributed by atoms with E-state index in [4.69, 9.17) is 19.9 Å². The minimum absolute atomic E-state index is 0. The van der Waals surface area contributed by atoms with Gasteiger partial charge in [0.15, 0.2) is 11.6 Å². The molecule has 0 unspecified atom stereocenters. The largest absolute Gasteiger partial charge is 0.304 e. The molecule has 0 fully saturated rings. The molecule has 0 saturated heterocycles. The van der Waals surface area contributed by atoms with Crippen molar-refractivity contribution in [3.05, 3.63) is 108 Å². The number of aromatic nitrogens is 4. The summed E-state index contributed by atoms with van der Waals surface area (Å²) < 4.78 is 0. The molecule has 0 N–H and O–H groups in total. The van der Waals surface area contributed by atoms with Crippen molar-refractivity contribution in [2.45, 2.75) is 162 Å². The monoisotopic (exact) mass is 926 g/mol. The molecule has 0 atom stereocenters. The normalized spacial score (nSPS) is 13.3. The molecule has 1 radical (unpaired) electrons. The predicted octanol–water partition coefficient (Wildman–Crippen LogP) is 14.4. The maximum absolute atomic E-state index is 5.06. The maximum atomic E-state index is 5.06. The molecule has 1 aliphatic carbocycles. The summed E-state index contributed by atoms with van der Waals surface area (Å²) in [7, 11) is 0. The van der Waals surface area contributed by atoms with Crippen molar-refractivity contribution >= 4 is 0 Å². The summed E-state index contributed by atoms with van der Waals surface area (Å²) in [6.07, 6.45) is 20.1. The van der Waals surface area contributed by atoms with Gasteiger partial charge in [0.05, 0.1) is 0 Å². The molecule has 1 aliphatic rings. The first kappa shape index (κ1) is 43.6. The molecular weight excluding hydrogens is 861 g/mol. The van der Waals surface area contributed by atoms with Crippen LogP contribution in [0.5, 0.6) is 0 Å². The summed E-state index contributed by atoms with van der Waals surface area (Å²) in [5.74, 6) is 2.12. The van der Waals surface area contributed by atoms with Gasteiger partial charge < -0.3 is 4.98 Å². The van der Waals surface area contributed by atoms with Crippen LogP contribution in [-0.4, -0.2) is 19.9 Å². The third-order valence-corrected chi connectivity index (χ3v) is 11.7. The maximum Gasteiger partial charge on any atom is 0.165 e. The predicted molar refractivity (Wildman–Crippen MR) is 232 cm³/mol. The van der Waals surface area contributed by atoms with Gasteiger partial charge >= 0.3 is 0 Å². The smallest absolute Gasteiger partial charge is 0.165 e. The zero-order chi connectivity index (χ0) is 39.1. The van der Waals surface area contributed by atoms with Gasteiger partial charge in [0.1, 0.15) is 5.82 Å². The zero-order valence-electron chi connectivity index (χ0n) is 35.5. The van der Waals surface area contributed by atoms with Gasteiger partial charge in [0.25, 0.3) is 0 Å². The van der Waals surface area contributed by atoms with Crippen LogP contribution >= 0.6 is 0 Å². The van der Waals surface area contributed by atoms with Gasteiger partial charge in [0, 0.05) is 48.3 Å². The molecule has 2 heterocycles. The molecule has 5 aromatic rings. The molecule has 0 amide bonds. The van der Waals surface area contributed by atoms with Crippen LogP contribution in [0.2, 0.25) is 0 Å². The molecule has 5 heteroatoms. The number of benzene rings is 3. The average Bonchev–Trinajstić information content (AvgIpc) is 3.45. The van der Waals surface area contributed by atoms with Crippen LogP contribution in [0.3, 0.4) is 0 Å². The van der Waals surface area contributed by atoms with Gasteiger partial charge in [-0.2, -0.15) is 0 Å². The molecular formula is C51H65IrN4-. The van der Waals surface area contributed by atoms with E-state index in [9.17, 15) is 0 Å². The fourth-order valence-electron chi connectivity index (χ4n) is 8.39. The van der Waals surface area contributed by atoms with E-state index >= 15 is 0 Å². The van der Waals surface area contributed by atoms with E-state index in [1.54, 1.807) is 0 Å². The van der Waals surface area contributed by atoms with E-state index in [1.807, 2.05) is 6.20 Å². The van der Waals surface area contributed by atoms with Gasteiger partial charge in [-0.25, -0.2) is 15.0 Å². The summed E-state index contributed by atoms with van der Waals surface area (Å²) >= 11 is 0. The number of rotatable bonds is 17. The van der Waals surface area contributed by atoms with Crippen LogP contribution in [0, 0.1) is 6.07 Å². The topological polar surface area (TPSA) is 51.6 Å².